The van der Waals surface area contributed by atoms with Crippen molar-refractivity contribution >= 4 is 11.6 Å². The Kier molecular flexibility index (Phi) is 5.76. The van der Waals surface area contributed by atoms with Crippen LogP contribution in [-0.4, -0.2) is 35.7 Å². The minimum absolute atomic E-state index is 0.112. The molecule has 2 aromatic rings. The van der Waals surface area contributed by atoms with E-state index in [1.165, 1.54) is 5.56 Å². The molecule has 0 amide bonds. The van der Waals surface area contributed by atoms with Crippen molar-refractivity contribution in [3.8, 4) is 0 Å². The molecule has 0 aliphatic heterocycles. The summed E-state index contributed by atoms with van der Waals surface area (Å²) in [5, 5.41) is 12.9. The number of likely N-dealkylation sites (N-methyl/N-ethyl adjacent to an activating group) is 1. The Balaban J connectivity index is 2.01. The fourth-order valence-corrected chi connectivity index (χ4v) is 4.98. The number of hydrogen-bond acceptors (Lipinski definition) is 2. The molecule has 0 saturated heterocycles. The Labute approximate surface area is 162 Å². The summed E-state index contributed by atoms with van der Waals surface area (Å²) in [6.45, 7) is 2.26. The third kappa shape index (κ3) is 3.69. The molecule has 3 unspecified atom stereocenters. The van der Waals surface area contributed by atoms with Gasteiger partial charge in [-0.05, 0) is 50.6 Å². The van der Waals surface area contributed by atoms with E-state index in [1.54, 1.807) is 0 Å². The van der Waals surface area contributed by atoms with Crippen molar-refractivity contribution in [1.29, 1.82) is 0 Å². The van der Waals surface area contributed by atoms with Crippen LogP contribution in [0.2, 0.25) is 5.02 Å². The molecule has 1 aliphatic rings. The highest BCUT2D eigenvalue weighted by Gasteiger charge is 2.54. The molecule has 1 N–H and O–H groups in total. The van der Waals surface area contributed by atoms with Crippen molar-refractivity contribution in [2.24, 2.45) is 5.41 Å². The molecular weight excluding hydrogens is 342 g/mol. The monoisotopic (exact) mass is 371 g/mol. The number of rotatable bonds is 5. The molecule has 0 bridgehead atoms. The Morgan fingerprint density at radius 1 is 1.04 bits per heavy atom. The van der Waals surface area contributed by atoms with E-state index < -0.39 is 5.60 Å². The third-order valence-electron chi connectivity index (χ3n) is 6.28. The first kappa shape index (κ1) is 19.4. The zero-order chi connectivity index (χ0) is 18.8. The molecule has 2 aromatic carbocycles. The van der Waals surface area contributed by atoms with Gasteiger partial charge in [0.2, 0.25) is 0 Å². The van der Waals surface area contributed by atoms with Crippen molar-refractivity contribution in [2.75, 3.05) is 14.1 Å². The van der Waals surface area contributed by atoms with Gasteiger partial charge in [0.05, 0.1) is 5.60 Å². The molecule has 0 spiro atoms. The first-order chi connectivity index (χ1) is 12.4. The topological polar surface area (TPSA) is 23.5 Å². The smallest absolute Gasteiger partial charge is 0.0898 e. The maximum absolute atomic E-state index is 12.2. The van der Waals surface area contributed by atoms with Crippen LogP contribution in [0.4, 0.5) is 0 Å². The van der Waals surface area contributed by atoms with Gasteiger partial charge in [0, 0.05) is 22.9 Å². The summed E-state index contributed by atoms with van der Waals surface area (Å²) in [6, 6.07) is 18.6. The van der Waals surface area contributed by atoms with Crippen LogP contribution in [0.1, 0.15) is 37.3 Å². The molecule has 1 saturated carbocycles. The second kappa shape index (κ2) is 7.72. The highest BCUT2D eigenvalue weighted by atomic mass is 35.5. The molecule has 140 valence electrons. The maximum Gasteiger partial charge on any atom is 0.0898 e. The lowest BCUT2D eigenvalue weighted by Crippen LogP contribution is -2.64. The van der Waals surface area contributed by atoms with Gasteiger partial charge in [-0.3, -0.25) is 0 Å². The molecule has 0 radical (unpaired) electrons. The Morgan fingerprint density at radius 3 is 2.35 bits per heavy atom. The second-order valence-electron chi connectivity index (χ2n) is 8.29. The van der Waals surface area contributed by atoms with Gasteiger partial charge in [-0.2, -0.15) is 0 Å². The maximum atomic E-state index is 12.2. The number of hydrogen-bond donors (Lipinski definition) is 1. The minimum atomic E-state index is -0.838. The number of benzene rings is 2. The van der Waals surface area contributed by atoms with Crippen LogP contribution in [0.3, 0.4) is 0 Å². The van der Waals surface area contributed by atoms with Crippen molar-refractivity contribution in [2.45, 2.75) is 50.7 Å². The third-order valence-corrected chi connectivity index (χ3v) is 6.65. The molecular formula is C23H30ClNO. The van der Waals surface area contributed by atoms with Crippen LogP contribution < -0.4 is 0 Å². The largest absolute Gasteiger partial charge is 0.387 e. The van der Waals surface area contributed by atoms with E-state index in [4.69, 9.17) is 11.6 Å². The van der Waals surface area contributed by atoms with Crippen LogP contribution in [0.15, 0.2) is 54.6 Å². The van der Waals surface area contributed by atoms with Gasteiger partial charge < -0.3 is 10.0 Å². The molecule has 2 nitrogen and oxygen atoms in total. The summed E-state index contributed by atoms with van der Waals surface area (Å²) in [6.07, 6.45) is 4.63. The van der Waals surface area contributed by atoms with Crippen molar-refractivity contribution in [1.82, 2.24) is 4.90 Å². The van der Waals surface area contributed by atoms with E-state index in [2.05, 4.69) is 50.2 Å². The number of aliphatic hydroxyl groups is 1. The van der Waals surface area contributed by atoms with Gasteiger partial charge in [-0.25, -0.2) is 0 Å². The van der Waals surface area contributed by atoms with Gasteiger partial charge in [-0.15, -0.1) is 0 Å². The molecule has 0 heterocycles. The van der Waals surface area contributed by atoms with Gasteiger partial charge in [0.1, 0.15) is 0 Å². The fourth-order valence-electron chi connectivity index (χ4n) is 4.78. The summed E-state index contributed by atoms with van der Waals surface area (Å²) in [4.78, 5) is 2.19. The second-order valence-corrected chi connectivity index (χ2v) is 8.69. The molecule has 3 rings (SSSR count). The first-order valence-electron chi connectivity index (χ1n) is 9.52. The summed E-state index contributed by atoms with van der Waals surface area (Å²) in [5.74, 6) is 0. The first-order valence-corrected chi connectivity index (χ1v) is 9.90. The standard InChI is InChI=1S/C23H30ClNO/c1-22(16-18-10-5-4-6-11-18)15-9-14-21(25(2)3)23(22,26)17-19-12-7-8-13-20(19)24/h4-8,10-13,21,26H,9,14-17H2,1-3H3. The van der Waals surface area contributed by atoms with Crippen LogP contribution in [0.25, 0.3) is 0 Å². The van der Waals surface area contributed by atoms with E-state index in [0.29, 0.717) is 6.42 Å². The van der Waals surface area contributed by atoms with E-state index in [1.807, 2.05) is 30.3 Å². The quantitative estimate of drug-likeness (QED) is 0.801. The summed E-state index contributed by atoms with van der Waals surface area (Å²) in [5.41, 5.74) is 1.27. The lowest BCUT2D eigenvalue weighted by molar-refractivity contribution is -0.149. The lowest BCUT2D eigenvalue weighted by atomic mass is 9.57. The fraction of sp³-hybridized carbons (Fsp3) is 0.478. The van der Waals surface area contributed by atoms with Crippen LogP contribution in [0.5, 0.6) is 0 Å². The summed E-state index contributed by atoms with van der Waals surface area (Å²) >= 11 is 6.46. The van der Waals surface area contributed by atoms with E-state index in [-0.39, 0.29) is 11.5 Å². The van der Waals surface area contributed by atoms with Gasteiger partial charge in [0.25, 0.3) is 0 Å². The molecule has 1 aliphatic carbocycles. The van der Waals surface area contributed by atoms with Gasteiger partial charge in [0.15, 0.2) is 0 Å². The highest BCUT2D eigenvalue weighted by molar-refractivity contribution is 6.31. The summed E-state index contributed by atoms with van der Waals surface area (Å²) in [7, 11) is 4.16. The predicted octanol–water partition coefficient (Wildman–Crippen LogP) is 4.98. The van der Waals surface area contributed by atoms with Gasteiger partial charge >= 0.3 is 0 Å². The Hall–Kier alpha value is -1.35. The number of nitrogens with zero attached hydrogens (tertiary/aromatic N) is 1. The van der Waals surface area contributed by atoms with Crippen LogP contribution in [-0.2, 0) is 12.8 Å². The average molecular weight is 372 g/mol. The highest BCUT2D eigenvalue weighted by Crippen LogP contribution is 2.49. The molecule has 3 atom stereocenters. The van der Waals surface area contributed by atoms with Crippen molar-refractivity contribution < 1.29 is 5.11 Å². The molecule has 0 aromatic heterocycles. The zero-order valence-corrected chi connectivity index (χ0v) is 16.8. The number of halogens is 1. The Bertz CT molecular complexity index is 732. The molecule has 26 heavy (non-hydrogen) atoms. The lowest BCUT2D eigenvalue weighted by Gasteiger charge is -2.55. The minimum Gasteiger partial charge on any atom is -0.387 e. The SMILES string of the molecule is CN(C)C1CCCC(C)(Cc2ccccc2)C1(O)Cc1ccccc1Cl. The summed E-state index contributed by atoms with van der Waals surface area (Å²) < 4.78 is 0. The van der Waals surface area contributed by atoms with E-state index in [0.717, 1.165) is 36.3 Å². The average Bonchev–Trinajstić information content (AvgIpc) is 2.60. The van der Waals surface area contributed by atoms with E-state index >= 15 is 0 Å². The zero-order valence-electron chi connectivity index (χ0n) is 16.1. The van der Waals surface area contributed by atoms with Crippen LogP contribution >= 0.6 is 11.6 Å². The van der Waals surface area contributed by atoms with Crippen LogP contribution in [0, 0.1) is 5.41 Å². The predicted molar refractivity (Wildman–Crippen MR) is 110 cm³/mol. The van der Waals surface area contributed by atoms with E-state index in [9.17, 15) is 5.11 Å². The van der Waals surface area contributed by atoms with Crippen molar-refractivity contribution in [3.05, 3.63) is 70.7 Å². The molecule has 3 heteroatoms. The van der Waals surface area contributed by atoms with Gasteiger partial charge in [-0.1, -0.05) is 73.5 Å². The van der Waals surface area contributed by atoms with Crippen molar-refractivity contribution in [3.63, 3.8) is 0 Å². The Morgan fingerprint density at radius 2 is 1.69 bits per heavy atom. The molecule has 1 fully saturated rings. The normalized spacial score (nSPS) is 29.1.